The summed E-state index contributed by atoms with van der Waals surface area (Å²) in [5, 5.41) is 11.0. The zero-order valence-corrected chi connectivity index (χ0v) is 13.8. The Balaban J connectivity index is 3.87. The second-order valence-corrected chi connectivity index (χ2v) is 5.44. The molecule has 0 saturated carbocycles. The largest absolute Gasteiger partial charge is 0.303 e. The molecule has 0 radical (unpaired) electrons. The molecule has 0 unspecified atom stereocenters. The van der Waals surface area contributed by atoms with Gasteiger partial charge in [-0.3, -0.25) is 10.1 Å². The lowest BCUT2D eigenvalue weighted by molar-refractivity contribution is -0.428. The molecule has 0 saturated heterocycles. The highest BCUT2D eigenvalue weighted by Crippen LogP contribution is 2.12. The standard InChI is InChI=1S/C18H29NO3/c1-2-3-4-5-6-9-12-15-18(19(21)22)16-13-10-7-8-11-14-17-20/h15,17H,2-5,7-8,10-14,16H2,1H3/b18-15-. The Hall–Kier alpha value is -1.63. The summed E-state index contributed by atoms with van der Waals surface area (Å²) in [5.41, 5.74) is 0.288. The summed E-state index contributed by atoms with van der Waals surface area (Å²) in [6.45, 7) is 2.15. The summed E-state index contributed by atoms with van der Waals surface area (Å²) in [6, 6.07) is 0. The van der Waals surface area contributed by atoms with Crippen LogP contribution >= 0.6 is 0 Å². The lowest BCUT2D eigenvalue weighted by atomic mass is 10.1. The van der Waals surface area contributed by atoms with Crippen LogP contribution in [0.5, 0.6) is 0 Å². The van der Waals surface area contributed by atoms with Gasteiger partial charge in [-0.15, -0.1) is 5.92 Å². The van der Waals surface area contributed by atoms with E-state index in [9.17, 15) is 14.9 Å². The van der Waals surface area contributed by atoms with Crippen molar-refractivity contribution in [1.29, 1.82) is 0 Å². The van der Waals surface area contributed by atoms with E-state index in [0.717, 1.165) is 51.2 Å². The molecule has 0 fully saturated rings. The van der Waals surface area contributed by atoms with Gasteiger partial charge in [0.1, 0.15) is 6.29 Å². The van der Waals surface area contributed by atoms with Crippen LogP contribution in [0.3, 0.4) is 0 Å². The molecule has 0 N–H and O–H groups in total. The van der Waals surface area contributed by atoms with Crippen LogP contribution < -0.4 is 0 Å². The van der Waals surface area contributed by atoms with Crippen molar-refractivity contribution in [3.63, 3.8) is 0 Å². The van der Waals surface area contributed by atoms with Crippen molar-refractivity contribution in [2.45, 2.75) is 84.0 Å². The van der Waals surface area contributed by atoms with Crippen LogP contribution in [0.15, 0.2) is 11.8 Å². The number of nitrogens with zero attached hydrogens (tertiary/aromatic N) is 1. The zero-order chi connectivity index (χ0) is 16.5. The van der Waals surface area contributed by atoms with Crippen LogP contribution in [0.1, 0.15) is 84.0 Å². The highest BCUT2D eigenvalue weighted by atomic mass is 16.6. The fraction of sp³-hybridized carbons (Fsp3) is 0.722. The third kappa shape index (κ3) is 13.4. The Bertz CT molecular complexity index is 391. The minimum absolute atomic E-state index is 0.287. The molecule has 0 aliphatic carbocycles. The predicted molar refractivity (Wildman–Crippen MR) is 90.0 cm³/mol. The second-order valence-electron chi connectivity index (χ2n) is 5.44. The fourth-order valence-electron chi connectivity index (χ4n) is 2.12. The van der Waals surface area contributed by atoms with Gasteiger partial charge in [0.05, 0.1) is 4.92 Å². The quantitative estimate of drug-likeness (QED) is 0.157. The van der Waals surface area contributed by atoms with E-state index in [1.165, 1.54) is 12.8 Å². The average Bonchev–Trinajstić information content (AvgIpc) is 2.50. The minimum Gasteiger partial charge on any atom is -0.303 e. The molecular weight excluding hydrogens is 278 g/mol. The van der Waals surface area contributed by atoms with E-state index < -0.39 is 0 Å². The number of carbonyl (C=O) groups is 1. The zero-order valence-electron chi connectivity index (χ0n) is 13.8. The molecule has 124 valence electrons. The number of hydrogen-bond acceptors (Lipinski definition) is 3. The van der Waals surface area contributed by atoms with Crippen LogP contribution in [-0.2, 0) is 4.79 Å². The first kappa shape index (κ1) is 20.4. The highest BCUT2D eigenvalue weighted by Gasteiger charge is 2.08. The van der Waals surface area contributed by atoms with Crippen LogP contribution in [-0.4, -0.2) is 11.2 Å². The van der Waals surface area contributed by atoms with Gasteiger partial charge in [-0.2, -0.15) is 0 Å². The smallest absolute Gasteiger partial charge is 0.243 e. The number of hydrogen-bond donors (Lipinski definition) is 0. The lowest BCUT2D eigenvalue weighted by Gasteiger charge is -1.99. The molecule has 0 rings (SSSR count). The van der Waals surface area contributed by atoms with Gasteiger partial charge in [-0.25, -0.2) is 0 Å². The maximum atomic E-state index is 11.0. The van der Waals surface area contributed by atoms with E-state index in [1.54, 1.807) is 6.08 Å². The second kappa shape index (κ2) is 15.8. The van der Waals surface area contributed by atoms with Crippen molar-refractivity contribution in [3.05, 3.63) is 21.9 Å². The van der Waals surface area contributed by atoms with Crippen molar-refractivity contribution in [3.8, 4) is 11.8 Å². The molecular formula is C18H29NO3. The molecule has 0 amide bonds. The van der Waals surface area contributed by atoms with E-state index in [1.807, 2.05) is 0 Å². The molecule has 0 bridgehead atoms. The first-order chi connectivity index (χ1) is 10.7. The first-order valence-electron chi connectivity index (χ1n) is 8.45. The Labute approximate surface area is 134 Å². The number of unbranched alkanes of at least 4 members (excludes halogenated alkanes) is 8. The van der Waals surface area contributed by atoms with E-state index in [4.69, 9.17) is 0 Å². The molecule has 0 aromatic heterocycles. The van der Waals surface area contributed by atoms with E-state index in [-0.39, 0.29) is 10.6 Å². The minimum atomic E-state index is -0.287. The number of aldehydes is 1. The third-order valence-corrected chi connectivity index (χ3v) is 3.46. The molecule has 4 nitrogen and oxygen atoms in total. The van der Waals surface area contributed by atoms with Crippen molar-refractivity contribution in [1.82, 2.24) is 0 Å². The van der Waals surface area contributed by atoms with Gasteiger partial charge in [0, 0.05) is 31.8 Å². The van der Waals surface area contributed by atoms with Gasteiger partial charge >= 0.3 is 0 Å². The SMILES string of the molecule is CCCCCC#CC/C=C(/CCCCCCCC=O)[N+](=O)[O-]. The molecule has 0 aliphatic rings. The maximum absolute atomic E-state index is 11.0. The van der Waals surface area contributed by atoms with Gasteiger partial charge in [0.25, 0.3) is 0 Å². The van der Waals surface area contributed by atoms with E-state index in [2.05, 4.69) is 18.8 Å². The summed E-state index contributed by atoms with van der Waals surface area (Å²) in [6.07, 6.45) is 13.4. The third-order valence-electron chi connectivity index (χ3n) is 3.46. The topological polar surface area (TPSA) is 60.2 Å². The number of carbonyl (C=O) groups excluding carboxylic acids is 1. The first-order valence-corrected chi connectivity index (χ1v) is 8.45. The van der Waals surface area contributed by atoms with Crippen LogP contribution in [0.2, 0.25) is 0 Å². The summed E-state index contributed by atoms with van der Waals surface area (Å²) >= 11 is 0. The number of allylic oxidation sites excluding steroid dienone is 2. The summed E-state index contributed by atoms with van der Waals surface area (Å²) < 4.78 is 0. The van der Waals surface area contributed by atoms with Gasteiger partial charge in [-0.1, -0.05) is 44.9 Å². The van der Waals surface area contributed by atoms with Gasteiger partial charge in [0.2, 0.25) is 5.70 Å². The Morgan fingerprint density at radius 1 is 1.05 bits per heavy atom. The van der Waals surface area contributed by atoms with Crippen LogP contribution in [0.4, 0.5) is 0 Å². The molecule has 0 aromatic carbocycles. The molecule has 0 heterocycles. The van der Waals surface area contributed by atoms with Crippen molar-refractivity contribution < 1.29 is 9.72 Å². The van der Waals surface area contributed by atoms with Crippen LogP contribution in [0.25, 0.3) is 0 Å². The number of rotatable bonds is 13. The lowest BCUT2D eigenvalue weighted by Crippen LogP contribution is -1.98. The van der Waals surface area contributed by atoms with Gasteiger partial charge in [0.15, 0.2) is 0 Å². The van der Waals surface area contributed by atoms with Crippen molar-refractivity contribution in [2.24, 2.45) is 0 Å². The predicted octanol–water partition coefficient (Wildman–Crippen LogP) is 5.05. The monoisotopic (exact) mass is 307 g/mol. The summed E-state index contributed by atoms with van der Waals surface area (Å²) in [4.78, 5) is 20.8. The molecule has 0 aromatic rings. The van der Waals surface area contributed by atoms with E-state index >= 15 is 0 Å². The van der Waals surface area contributed by atoms with Crippen LogP contribution in [0, 0.1) is 22.0 Å². The maximum Gasteiger partial charge on any atom is 0.243 e. The fourth-order valence-corrected chi connectivity index (χ4v) is 2.12. The highest BCUT2D eigenvalue weighted by molar-refractivity contribution is 5.48. The van der Waals surface area contributed by atoms with Gasteiger partial charge < -0.3 is 4.79 Å². The molecule has 0 aliphatic heterocycles. The molecule has 0 spiro atoms. The summed E-state index contributed by atoms with van der Waals surface area (Å²) in [7, 11) is 0. The van der Waals surface area contributed by atoms with Gasteiger partial charge in [-0.05, 0) is 19.3 Å². The normalized spacial score (nSPS) is 10.9. The summed E-state index contributed by atoms with van der Waals surface area (Å²) in [5.74, 6) is 6.06. The van der Waals surface area contributed by atoms with E-state index in [0.29, 0.717) is 19.3 Å². The Morgan fingerprint density at radius 3 is 2.45 bits per heavy atom. The Kier molecular flexibility index (Phi) is 14.6. The molecule has 4 heteroatoms. The molecule has 0 atom stereocenters. The van der Waals surface area contributed by atoms with Crippen molar-refractivity contribution in [2.75, 3.05) is 0 Å². The number of nitro groups is 1. The molecule has 22 heavy (non-hydrogen) atoms. The average molecular weight is 307 g/mol. The Morgan fingerprint density at radius 2 is 1.77 bits per heavy atom. The van der Waals surface area contributed by atoms with Crippen molar-refractivity contribution >= 4 is 6.29 Å².